The van der Waals surface area contributed by atoms with Crippen molar-refractivity contribution < 1.29 is 4.74 Å². The highest BCUT2D eigenvalue weighted by Crippen LogP contribution is 2.64. The average molecular weight is 975 g/mol. The van der Waals surface area contributed by atoms with Crippen molar-refractivity contribution in [3.63, 3.8) is 0 Å². The molecule has 0 atom stereocenters. The molecule has 0 saturated carbocycles. The molecule has 3 aliphatic heterocycles. The van der Waals surface area contributed by atoms with E-state index in [0.29, 0.717) is 0 Å². The Bertz CT molecular complexity index is 3900. The van der Waals surface area contributed by atoms with Gasteiger partial charge >= 0.3 is 0 Å². The van der Waals surface area contributed by atoms with Crippen molar-refractivity contribution in [1.29, 1.82) is 0 Å². The number of ether oxygens (including phenoxy) is 1. The molecular weight excluding hydrogens is 916 g/mol. The van der Waals surface area contributed by atoms with Gasteiger partial charge in [0.05, 0.1) is 11.1 Å². The Morgan fingerprint density at radius 2 is 0.973 bits per heavy atom. The zero-order valence-electron chi connectivity index (χ0n) is 43.8. The van der Waals surface area contributed by atoms with Crippen molar-refractivity contribution in [2.75, 3.05) is 9.80 Å². The van der Waals surface area contributed by atoms with Crippen molar-refractivity contribution in [3.8, 4) is 33.8 Å². The van der Waals surface area contributed by atoms with Crippen LogP contribution in [0.25, 0.3) is 32.3 Å². The molecule has 0 N–H and O–H groups in total. The van der Waals surface area contributed by atoms with E-state index in [2.05, 4.69) is 266 Å². The molecule has 0 fully saturated rings. The van der Waals surface area contributed by atoms with E-state index in [1.807, 2.05) is 11.3 Å². The van der Waals surface area contributed by atoms with Crippen LogP contribution in [0, 0.1) is 0 Å². The summed E-state index contributed by atoms with van der Waals surface area (Å²) in [7, 11) is 0. The van der Waals surface area contributed by atoms with Gasteiger partial charge < -0.3 is 14.5 Å². The number of para-hydroxylation sites is 2. The van der Waals surface area contributed by atoms with Crippen LogP contribution in [0.1, 0.15) is 101 Å². The van der Waals surface area contributed by atoms with Crippen molar-refractivity contribution >= 4 is 78.0 Å². The summed E-state index contributed by atoms with van der Waals surface area (Å²) >= 11 is 1.97. The summed E-state index contributed by atoms with van der Waals surface area (Å²) in [5, 5.41) is 1.28. The van der Waals surface area contributed by atoms with Crippen molar-refractivity contribution in [2.24, 2.45) is 0 Å². The van der Waals surface area contributed by atoms with Gasteiger partial charge in [0, 0.05) is 60.0 Å². The quantitative estimate of drug-likeness (QED) is 0.164. The summed E-state index contributed by atoms with van der Waals surface area (Å²) in [6.45, 7) is 20.9. The van der Waals surface area contributed by atoms with E-state index >= 15 is 0 Å². The van der Waals surface area contributed by atoms with Crippen LogP contribution in [0.15, 0.2) is 194 Å². The molecule has 1 spiro atoms. The highest BCUT2D eigenvalue weighted by molar-refractivity contribution is 7.33. The molecule has 0 saturated heterocycles. The first-order valence-corrected chi connectivity index (χ1v) is 27.2. The zero-order valence-corrected chi connectivity index (χ0v) is 44.6. The van der Waals surface area contributed by atoms with Crippen LogP contribution in [-0.2, 0) is 21.7 Å². The molecule has 1 aliphatic carbocycles. The lowest BCUT2D eigenvalue weighted by Crippen LogP contribution is -2.60. The topological polar surface area (TPSA) is 15.7 Å². The van der Waals surface area contributed by atoms with E-state index in [9.17, 15) is 0 Å². The monoisotopic (exact) mass is 974 g/mol. The number of anilines is 6. The highest BCUT2D eigenvalue weighted by Gasteiger charge is 2.54. The van der Waals surface area contributed by atoms with Crippen LogP contribution in [0.4, 0.5) is 34.1 Å². The number of fused-ring (bicyclic) bond motifs is 16. The summed E-state index contributed by atoms with van der Waals surface area (Å²) < 4.78 is 9.50. The van der Waals surface area contributed by atoms with Gasteiger partial charge in [0.1, 0.15) is 11.5 Å². The molecule has 4 aliphatic rings. The second-order valence-corrected chi connectivity index (χ2v) is 25.2. The fourth-order valence-electron chi connectivity index (χ4n) is 12.9. The first-order valence-electron chi connectivity index (χ1n) is 26.4. The summed E-state index contributed by atoms with van der Waals surface area (Å²) in [6, 6.07) is 73.8. The standard InChI is InChI=1S/C69H59BN2OS/c1-66(2,3)44-28-32-47(33-29-44)71-56-40-46(68(7,8)9)41-57-62(56)70(65-63(71)50-39-43(27-38-60(50)74-65)42-19-11-10-12-20-42)55-37-36-54-61(64(55)72(57)48-34-30-45(31-35-48)67(4,5)6)49-21-13-14-22-51(49)69(54)52-23-15-17-25-58(52)73-59-26-18-16-24-53(59)69/h10-41H,1-9H3. The maximum Gasteiger partial charge on any atom is 0.264 e. The summed E-state index contributed by atoms with van der Waals surface area (Å²) in [6.07, 6.45) is 0. The van der Waals surface area contributed by atoms with Gasteiger partial charge in [0.2, 0.25) is 0 Å². The fraction of sp³-hybridized carbons (Fsp3) is 0.188. The normalized spacial score (nSPS) is 14.7. The molecule has 0 bridgehead atoms. The van der Waals surface area contributed by atoms with Crippen LogP contribution >= 0.6 is 11.3 Å². The third-order valence-corrected chi connectivity index (χ3v) is 17.8. The number of nitrogens with zero attached hydrogens (tertiary/aromatic N) is 2. The number of thiophene rings is 1. The molecule has 3 nitrogen and oxygen atoms in total. The molecule has 0 radical (unpaired) electrons. The molecule has 1 aromatic heterocycles. The largest absolute Gasteiger partial charge is 0.457 e. The third kappa shape index (κ3) is 6.38. The first kappa shape index (κ1) is 45.1. The minimum atomic E-state index is -0.619. The van der Waals surface area contributed by atoms with Crippen LogP contribution < -0.4 is 30.2 Å². The average Bonchev–Trinajstić information content (AvgIpc) is 3.97. The molecular formula is C69H59BN2OS. The zero-order chi connectivity index (χ0) is 50.6. The van der Waals surface area contributed by atoms with Crippen LogP contribution in [0.3, 0.4) is 0 Å². The molecule has 10 aromatic rings. The fourth-order valence-corrected chi connectivity index (χ4v) is 14.2. The van der Waals surface area contributed by atoms with Gasteiger partial charge in [0.25, 0.3) is 6.71 Å². The summed E-state index contributed by atoms with van der Waals surface area (Å²) in [5.41, 5.74) is 23.0. The highest BCUT2D eigenvalue weighted by atomic mass is 32.1. The molecule has 9 aromatic carbocycles. The first-order chi connectivity index (χ1) is 35.6. The van der Waals surface area contributed by atoms with E-state index in [1.54, 1.807) is 0 Å². The minimum Gasteiger partial charge on any atom is -0.457 e. The van der Waals surface area contributed by atoms with Crippen molar-refractivity contribution in [2.45, 2.75) is 84.0 Å². The van der Waals surface area contributed by atoms with Gasteiger partial charge in [-0.1, -0.05) is 196 Å². The second kappa shape index (κ2) is 15.7. The summed E-state index contributed by atoms with van der Waals surface area (Å²) in [4.78, 5) is 5.31. The van der Waals surface area contributed by atoms with Crippen molar-refractivity contribution in [1.82, 2.24) is 0 Å². The number of hydrogen-bond acceptors (Lipinski definition) is 4. The third-order valence-electron chi connectivity index (χ3n) is 16.6. The lowest BCUT2D eigenvalue weighted by Gasteiger charge is -2.45. The lowest BCUT2D eigenvalue weighted by atomic mass is 9.35. The molecule has 4 heterocycles. The number of hydrogen-bond donors (Lipinski definition) is 0. The van der Waals surface area contributed by atoms with E-state index < -0.39 is 5.41 Å². The second-order valence-electron chi connectivity index (χ2n) is 24.1. The molecule has 0 unspecified atom stereocenters. The molecule has 14 rings (SSSR count). The number of benzene rings is 9. The Labute approximate surface area is 440 Å². The van der Waals surface area contributed by atoms with Crippen LogP contribution in [-0.4, -0.2) is 6.71 Å². The Morgan fingerprint density at radius 1 is 0.446 bits per heavy atom. The minimum absolute atomic E-state index is 0.00779. The lowest BCUT2D eigenvalue weighted by molar-refractivity contribution is 0.436. The van der Waals surface area contributed by atoms with Crippen molar-refractivity contribution in [3.05, 3.63) is 233 Å². The van der Waals surface area contributed by atoms with Gasteiger partial charge in [0.15, 0.2) is 0 Å². The van der Waals surface area contributed by atoms with E-state index in [-0.39, 0.29) is 23.0 Å². The maximum atomic E-state index is 6.84. The van der Waals surface area contributed by atoms with Gasteiger partial charge in [-0.2, -0.15) is 0 Å². The number of rotatable bonds is 3. The summed E-state index contributed by atoms with van der Waals surface area (Å²) in [5.74, 6) is 1.80. The van der Waals surface area contributed by atoms with E-state index in [1.165, 1.54) is 115 Å². The molecule has 0 amide bonds. The van der Waals surface area contributed by atoms with Gasteiger partial charge in [-0.15, -0.1) is 11.3 Å². The molecule has 5 heteroatoms. The smallest absolute Gasteiger partial charge is 0.264 e. The predicted octanol–water partition coefficient (Wildman–Crippen LogP) is 17.0. The SMILES string of the molecule is CC(C)(C)c1ccc(N2c3cc(C(C)(C)C)cc4c3B(c3ccc5c(c32)-c2ccccc2C52c3ccccc3Oc3ccccc32)c2sc3ccc(-c5ccccc5)cc3c2N4c2ccc(C(C)(C)C)cc2)cc1. The van der Waals surface area contributed by atoms with Gasteiger partial charge in [-0.25, -0.2) is 0 Å². The predicted molar refractivity (Wildman–Crippen MR) is 315 cm³/mol. The maximum absolute atomic E-state index is 6.84. The Hall–Kier alpha value is -7.60. The van der Waals surface area contributed by atoms with E-state index in [4.69, 9.17) is 4.74 Å². The van der Waals surface area contributed by atoms with Crippen LogP contribution in [0.5, 0.6) is 11.5 Å². The molecule has 74 heavy (non-hydrogen) atoms. The Kier molecular flexibility index (Phi) is 9.57. The Morgan fingerprint density at radius 3 is 1.55 bits per heavy atom. The molecule has 360 valence electrons. The Balaban J connectivity index is 1.14. The van der Waals surface area contributed by atoms with E-state index in [0.717, 1.165) is 17.2 Å². The van der Waals surface area contributed by atoms with Gasteiger partial charge in [-0.05, 0) is 132 Å². The van der Waals surface area contributed by atoms with Crippen LogP contribution in [0.2, 0.25) is 0 Å². The van der Waals surface area contributed by atoms with Gasteiger partial charge in [-0.3, -0.25) is 0 Å².